The first-order chi connectivity index (χ1) is 8.22. The van der Waals surface area contributed by atoms with E-state index in [0.717, 1.165) is 17.5 Å². The largest absolute Gasteiger partial charge is 0.207 e. The molecule has 0 saturated heterocycles. The minimum atomic E-state index is -0.376. The van der Waals surface area contributed by atoms with E-state index in [-0.39, 0.29) is 5.82 Å². The number of nitriles is 1. The van der Waals surface area contributed by atoms with Gasteiger partial charge in [-0.3, -0.25) is 0 Å². The molecule has 0 aliphatic heterocycles. The summed E-state index contributed by atoms with van der Waals surface area (Å²) >= 11 is 0. The maximum absolute atomic E-state index is 13.3. The molecule has 17 heavy (non-hydrogen) atoms. The smallest absolute Gasteiger partial charge is 0.125 e. The van der Waals surface area contributed by atoms with Crippen molar-refractivity contribution in [1.82, 2.24) is 0 Å². The van der Waals surface area contributed by atoms with Gasteiger partial charge < -0.3 is 0 Å². The van der Waals surface area contributed by atoms with Crippen molar-refractivity contribution in [2.24, 2.45) is 0 Å². The van der Waals surface area contributed by atoms with E-state index in [0.29, 0.717) is 5.56 Å². The third-order valence-corrected chi connectivity index (χ3v) is 2.72. The van der Waals surface area contributed by atoms with Crippen LogP contribution in [0.2, 0.25) is 0 Å². The van der Waals surface area contributed by atoms with Crippen LogP contribution in [0.15, 0.2) is 42.5 Å². The van der Waals surface area contributed by atoms with Crippen molar-refractivity contribution in [2.45, 2.75) is 13.3 Å². The highest BCUT2D eigenvalue weighted by atomic mass is 19.1. The molecule has 0 bridgehead atoms. The Balaban J connectivity index is 2.45. The summed E-state index contributed by atoms with van der Waals surface area (Å²) < 4.78 is 13.3. The maximum Gasteiger partial charge on any atom is 0.125 e. The van der Waals surface area contributed by atoms with Crippen LogP contribution in [0.25, 0.3) is 11.1 Å². The Hall–Kier alpha value is -2.14. The van der Waals surface area contributed by atoms with Crippen LogP contribution in [-0.2, 0) is 6.42 Å². The lowest BCUT2D eigenvalue weighted by Crippen LogP contribution is -1.85. The number of benzene rings is 2. The van der Waals surface area contributed by atoms with Gasteiger partial charge in [-0.2, -0.15) is 5.26 Å². The molecule has 0 N–H and O–H groups in total. The Morgan fingerprint density at radius 1 is 1.06 bits per heavy atom. The molecule has 0 aliphatic rings. The van der Waals surface area contributed by atoms with Gasteiger partial charge in [-0.15, -0.1) is 0 Å². The van der Waals surface area contributed by atoms with Crippen molar-refractivity contribution >= 4 is 0 Å². The van der Waals surface area contributed by atoms with Crippen molar-refractivity contribution < 1.29 is 4.39 Å². The molecular weight excluding hydrogens is 213 g/mol. The third kappa shape index (κ3) is 2.51. The average molecular weight is 225 g/mol. The van der Waals surface area contributed by atoms with Crippen molar-refractivity contribution in [3.8, 4) is 17.2 Å². The molecule has 2 aromatic carbocycles. The molecule has 0 fully saturated rings. The van der Waals surface area contributed by atoms with Gasteiger partial charge >= 0.3 is 0 Å². The molecule has 0 saturated carbocycles. The minimum Gasteiger partial charge on any atom is -0.207 e. The molecule has 0 atom stereocenters. The molecule has 84 valence electrons. The summed E-state index contributed by atoms with van der Waals surface area (Å²) in [6.45, 7) is 2.09. The topological polar surface area (TPSA) is 23.8 Å². The summed E-state index contributed by atoms with van der Waals surface area (Å²) in [5.74, 6) is -0.376. The van der Waals surface area contributed by atoms with Gasteiger partial charge in [0.2, 0.25) is 0 Å². The molecule has 2 heteroatoms. The summed E-state index contributed by atoms with van der Waals surface area (Å²) in [4.78, 5) is 0. The van der Waals surface area contributed by atoms with Crippen molar-refractivity contribution in [2.75, 3.05) is 0 Å². The fourth-order valence-corrected chi connectivity index (χ4v) is 1.75. The van der Waals surface area contributed by atoms with Crippen molar-refractivity contribution in [1.29, 1.82) is 5.26 Å². The molecule has 0 unspecified atom stereocenters. The van der Waals surface area contributed by atoms with Gasteiger partial charge in [-0.05, 0) is 41.3 Å². The summed E-state index contributed by atoms with van der Waals surface area (Å²) in [6.07, 6.45) is 0.979. The quantitative estimate of drug-likeness (QED) is 0.759. The first-order valence-electron chi connectivity index (χ1n) is 5.53. The van der Waals surface area contributed by atoms with Crippen LogP contribution in [0.5, 0.6) is 0 Å². The van der Waals surface area contributed by atoms with Crippen LogP contribution in [0.1, 0.15) is 18.1 Å². The molecule has 0 amide bonds. The van der Waals surface area contributed by atoms with Crippen LogP contribution in [-0.4, -0.2) is 0 Å². The van der Waals surface area contributed by atoms with Crippen LogP contribution >= 0.6 is 0 Å². The van der Waals surface area contributed by atoms with E-state index < -0.39 is 0 Å². The predicted molar refractivity (Wildman–Crippen MR) is 65.9 cm³/mol. The Morgan fingerprint density at radius 3 is 2.35 bits per heavy atom. The summed E-state index contributed by atoms with van der Waals surface area (Å²) in [6, 6.07) is 14.3. The lowest BCUT2D eigenvalue weighted by molar-refractivity contribution is 0.628. The second-order valence-electron chi connectivity index (χ2n) is 3.89. The monoisotopic (exact) mass is 225 g/mol. The molecule has 0 aliphatic carbocycles. The predicted octanol–water partition coefficient (Wildman–Crippen LogP) is 3.93. The minimum absolute atomic E-state index is 0.347. The first kappa shape index (κ1) is 11.3. The zero-order chi connectivity index (χ0) is 12.3. The van der Waals surface area contributed by atoms with E-state index in [9.17, 15) is 4.39 Å². The SMILES string of the molecule is CCc1ccc(-c2cc(F)cc(C#N)c2)cc1. The summed E-state index contributed by atoms with van der Waals surface area (Å²) in [5.41, 5.74) is 3.26. The second kappa shape index (κ2) is 4.80. The van der Waals surface area contributed by atoms with E-state index in [1.54, 1.807) is 6.07 Å². The number of rotatable bonds is 2. The van der Waals surface area contributed by atoms with Gasteiger partial charge in [0.15, 0.2) is 0 Å². The Labute approximate surface area is 100 Å². The Morgan fingerprint density at radius 2 is 1.76 bits per heavy atom. The van der Waals surface area contributed by atoms with Gasteiger partial charge in [-0.25, -0.2) is 4.39 Å². The molecule has 2 aromatic rings. The molecular formula is C15H12FN. The van der Waals surface area contributed by atoms with E-state index in [4.69, 9.17) is 5.26 Å². The number of hydrogen-bond acceptors (Lipinski definition) is 1. The van der Waals surface area contributed by atoms with Crippen molar-refractivity contribution in [3.05, 3.63) is 59.4 Å². The molecule has 1 nitrogen and oxygen atoms in total. The number of aryl methyl sites for hydroxylation is 1. The molecule has 0 spiro atoms. The van der Waals surface area contributed by atoms with Crippen LogP contribution in [0.4, 0.5) is 4.39 Å². The molecule has 0 radical (unpaired) electrons. The average Bonchev–Trinajstić information content (AvgIpc) is 2.38. The second-order valence-corrected chi connectivity index (χ2v) is 3.89. The fourth-order valence-electron chi connectivity index (χ4n) is 1.75. The van der Waals surface area contributed by atoms with E-state index in [2.05, 4.69) is 6.92 Å². The third-order valence-electron chi connectivity index (χ3n) is 2.72. The van der Waals surface area contributed by atoms with E-state index in [1.807, 2.05) is 30.3 Å². The number of nitrogens with zero attached hydrogens (tertiary/aromatic N) is 1. The normalized spacial score (nSPS) is 9.94. The van der Waals surface area contributed by atoms with Crippen LogP contribution in [0.3, 0.4) is 0 Å². The summed E-state index contributed by atoms with van der Waals surface area (Å²) in [7, 11) is 0. The maximum atomic E-state index is 13.3. The Bertz CT molecular complexity index is 564. The van der Waals surface area contributed by atoms with Gasteiger partial charge in [0.1, 0.15) is 5.82 Å². The Kier molecular flexibility index (Phi) is 3.20. The number of hydrogen-bond donors (Lipinski definition) is 0. The van der Waals surface area contributed by atoms with Crippen molar-refractivity contribution in [3.63, 3.8) is 0 Å². The van der Waals surface area contributed by atoms with Gasteiger partial charge in [-0.1, -0.05) is 31.2 Å². The molecule has 0 heterocycles. The standard InChI is InChI=1S/C15H12FN/c1-2-11-3-5-13(6-4-11)14-7-12(10-17)8-15(16)9-14/h3-9H,2H2,1H3. The number of halogens is 1. The van der Waals surface area contributed by atoms with Gasteiger partial charge in [0.25, 0.3) is 0 Å². The molecule has 2 rings (SSSR count). The zero-order valence-corrected chi connectivity index (χ0v) is 9.57. The first-order valence-corrected chi connectivity index (χ1v) is 5.53. The highest BCUT2D eigenvalue weighted by Gasteiger charge is 2.03. The fraction of sp³-hybridized carbons (Fsp3) is 0.133. The van der Waals surface area contributed by atoms with Crippen LogP contribution < -0.4 is 0 Å². The van der Waals surface area contributed by atoms with E-state index in [1.165, 1.54) is 17.7 Å². The highest BCUT2D eigenvalue weighted by molar-refractivity contribution is 5.65. The van der Waals surface area contributed by atoms with Crippen LogP contribution in [0, 0.1) is 17.1 Å². The zero-order valence-electron chi connectivity index (χ0n) is 9.57. The molecule has 0 aromatic heterocycles. The lowest BCUT2D eigenvalue weighted by Gasteiger charge is -2.04. The lowest BCUT2D eigenvalue weighted by atomic mass is 10.0. The van der Waals surface area contributed by atoms with Gasteiger partial charge in [0.05, 0.1) is 11.6 Å². The van der Waals surface area contributed by atoms with E-state index >= 15 is 0 Å². The van der Waals surface area contributed by atoms with Gasteiger partial charge in [0, 0.05) is 0 Å². The highest BCUT2D eigenvalue weighted by Crippen LogP contribution is 2.22. The summed E-state index contributed by atoms with van der Waals surface area (Å²) in [5, 5.41) is 8.80.